The van der Waals surface area contributed by atoms with Gasteiger partial charge in [0.1, 0.15) is 17.3 Å². The molecule has 3 aromatic rings. The molecule has 3 aromatic carbocycles. The monoisotopic (exact) mass is 492 g/mol. The molecular formula is C25H21BrN2O4. The number of anilines is 1. The fourth-order valence-electron chi connectivity index (χ4n) is 3.41. The number of rotatable bonds is 6. The second-order valence-electron chi connectivity index (χ2n) is 6.93. The molecule has 1 aliphatic heterocycles. The second-order valence-corrected chi connectivity index (χ2v) is 7.84. The first-order valence-corrected chi connectivity index (χ1v) is 10.6. The van der Waals surface area contributed by atoms with Crippen LogP contribution in [0.25, 0.3) is 6.08 Å². The average Bonchev–Trinajstić information content (AvgIpc) is 3.14. The highest BCUT2D eigenvalue weighted by Gasteiger charge is 2.32. The van der Waals surface area contributed by atoms with Gasteiger partial charge in [-0.1, -0.05) is 28.1 Å². The van der Waals surface area contributed by atoms with Crippen LogP contribution >= 0.6 is 15.9 Å². The molecule has 1 amide bonds. The Balaban J connectivity index is 1.80. The number of benzene rings is 3. The number of carbonyl (C=O) groups is 1. The van der Waals surface area contributed by atoms with Crippen molar-refractivity contribution < 1.29 is 19.0 Å². The summed E-state index contributed by atoms with van der Waals surface area (Å²) < 4.78 is 16.8. The first-order chi connectivity index (χ1) is 15.5. The number of halogens is 1. The van der Waals surface area contributed by atoms with Gasteiger partial charge in [-0.15, -0.1) is 0 Å². The summed E-state index contributed by atoms with van der Waals surface area (Å²) in [5, 5.41) is 0. The van der Waals surface area contributed by atoms with Gasteiger partial charge in [0.15, 0.2) is 11.5 Å². The third kappa shape index (κ3) is 4.24. The zero-order chi connectivity index (χ0) is 22.7. The number of hydrogen-bond acceptors (Lipinski definition) is 5. The molecule has 6 nitrogen and oxygen atoms in total. The molecule has 0 aromatic heterocycles. The highest BCUT2D eigenvalue weighted by atomic mass is 79.9. The third-order valence-corrected chi connectivity index (χ3v) is 5.48. The lowest BCUT2D eigenvalue weighted by Crippen LogP contribution is -2.32. The van der Waals surface area contributed by atoms with Gasteiger partial charge in [-0.25, -0.2) is 4.99 Å². The van der Waals surface area contributed by atoms with Crippen molar-refractivity contribution in [3.8, 4) is 17.2 Å². The van der Waals surface area contributed by atoms with Gasteiger partial charge < -0.3 is 14.2 Å². The fraction of sp³-hybridized carbons (Fsp3) is 0.120. The number of nitrogens with zero attached hydrogens (tertiary/aromatic N) is 2. The lowest BCUT2D eigenvalue weighted by atomic mass is 10.1. The van der Waals surface area contributed by atoms with E-state index in [1.54, 1.807) is 38.4 Å². The summed E-state index contributed by atoms with van der Waals surface area (Å²) in [4.78, 5) is 19.8. The first kappa shape index (κ1) is 21.6. The molecule has 0 N–H and O–H groups in total. The summed E-state index contributed by atoms with van der Waals surface area (Å²) in [6.07, 6.45) is 1.74. The Hall–Kier alpha value is -3.58. The summed E-state index contributed by atoms with van der Waals surface area (Å²) in [5.41, 5.74) is 2.62. The number of aliphatic imine (C=N–C) groups is 1. The molecule has 1 heterocycles. The van der Waals surface area contributed by atoms with Gasteiger partial charge in [0.2, 0.25) is 0 Å². The van der Waals surface area contributed by atoms with E-state index in [0.717, 1.165) is 27.0 Å². The maximum atomic E-state index is 13.5. The van der Waals surface area contributed by atoms with Gasteiger partial charge in [0.25, 0.3) is 5.91 Å². The Morgan fingerprint density at radius 3 is 2.28 bits per heavy atom. The number of methoxy groups -OCH3 is 3. The average molecular weight is 493 g/mol. The van der Waals surface area contributed by atoms with Gasteiger partial charge in [-0.2, -0.15) is 0 Å². The lowest BCUT2D eigenvalue weighted by molar-refractivity contribution is -0.113. The van der Waals surface area contributed by atoms with Crippen LogP contribution in [-0.2, 0) is 4.79 Å². The number of amidine groups is 1. The van der Waals surface area contributed by atoms with Crippen LogP contribution in [0.5, 0.6) is 17.2 Å². The standard InChI is InChI=1S/C25H21BrN2O4/c1-30-20-10-8-17(9-11-20)24-27-21(13-16-7-12-22(31-2)23(14-16)32-3)25(29)28(24)19-6-4-5-18(26)15-19/h4-15H,1-3H3/b21-13+. The van der Waals surface area contributed by atoms with E-state index in [4.69, 9.17) is 19.2 Å². The summed E-state index contributed by atoms with van der Waals surface area (Å²) >= 11 is 3.49. The Kier molecular flexibility index (Phi) is 6.28. The number of ether oxygens (including phenoxy) is 3. The van der Waals surface area contributed by atoms with Crippen molar-refractivity contribution in [2.24, 2.45) is 4.99 Å². The molecule has 0 saturated carbocycles. The molecule has 0 saturated heterocycles. The van der Waals surface area contributed by atoms with E-state index in [1.165, 1.54) is 0 Å². The molecule has 0 atom stereocenters. The van der Waals surface area contributed by atoms with Crippen LogP contribution in [-0.4, -0.2) is 33.1 Å². The highest BCUT2D eigenvalue weighted by molar-refractivity contribution is 9.10. The molecule has 162 valence electrons. The Labute approximate surface area is 194 Å². The van der Waals surface area contributed by atoms with Crippen LogP contribution in [0, 0.1) is 0 Å². The molecular weight excluding hydrogens is 472 g/mol. The van der Waals surface area contributed by atoms with E-state index in [1.807, 2.05) is 60.7 Å². The minimum Gasteiger partial charge on any atom is -0.497 e. The quantitative estimate of drug-likeness (QED) is 0.437. The molecule has 0 bridgehead atoms. The van der Waals surface area contributed by atoms with Crippen LogP contribution in [0.3, 0.4) is 0 Å². The molecule has 4 rings (SSSR count). The second kappa shape index (κ2) is 9.28. The molecule has 0 fully saturated rings. The Bertz CT molecular complexity index is 1220. The zero-order valence-corrected chi connectivity index (χ0v) is 19.4. The van der Waals surface area contributed by atoms with Crippen molar-refractivity contribution in [1.82, 2.24) is 0 Å². The predicted molar refractivity (Wildman–Crippen MR) is 129 cm³/mol. The molecule has 0 radical (unpaired) electrons. The van der Waals surface area contributed by atoms with Crippen LogP contribution in [0.15, 0.2) is 81.9 Å². The molecule has 0 spiro atoms. The summed E-state index contributed by atoms with van der Waals surface area (Å²) in [6, 6.07) is 20.5. The van der Waals surface area contributed by atoms with Crippen molar-refractivity contribution in [2.45, 2.75) is 0 Å². The van der Waals surface area contributed by atoms with Gasteiger partial charge in [0.05, 0.1) is 27.0 Å². The number of hydrogen-bond donors (Lipinski definition) is 0. The van der Waals surface area contributed by atoms with Crippen molar-refractivity contribution in [3.63, 3.8) is 0 Å². The first-order valence-electron chi connectivity index (χ1n) is 9.81. The van der Waals surface area contributed by atoms with Gasteiger partial charge >= 0.3 is 0 Å². The molecule has 7 heteroatoms. The number of amides is 1. The lowest BCUT2D eigenvalue weighted by Gasteiger charge is -2.19. The minimum absolute atomic E-state index is 0.219. The van der Waals surface area contributed by atoms with Crippen LogP contribution in [0.4, 0.5) is 5.69 Å². The predicted octanol–water partition coefficient (Wildman–Crippen LogP) is 5.31. The smallest absolute Gasteiger partial charge is 0.282 e. The molecule has 32 heavy (non-hydrogen) atoms. The zero-order valence-electron chi connectivity index (χ0n) is 17.8. The SMILES string of the molecule is COc1ccc(C2=N/C(=C/c3ccc(OC)c(OC)c3)C(=O)N2c2cccc(Br)c2)cc1. The Morgan fingerprint density at radius 2 is 1.62 bits per heavy atom. The minimum atomic E-state index is -0.219. The topological polar surface area (TPSA) is 60.4 Å². The molecule has 1 aliphatic rings. The van der Waals surface area contributed by atoms with E-state index in [-0.39, 0.29) is 5.91 Å². The van der Waals surface area contributed by atoms with Crippen LogP contribution in [0.1, 0.15) is 11.1 Å². The van der Waals surface area contributed by atoms with E-state index < -0.39 is 0 Å². The summed E-state index contributed by atoms with van der Waals surface area (Å²) in [7, 11) is 4.77. The normalized spacial score (nSPS) is 14.5. The van der Waals surface area contributed by atoms with E-state index in [2.05, 4.69) is 15.9 Å². The van der Waals surface area contributed by atoms with Gasteiger partial charge in [0, 0.05) is 10.0 Å². The van der Waals surface area contributed by atoms with Gasteiger partial charge in [-0.05, 0) is 66.2 Å². The summed E-state index contributed by atoms with van der Waals surface area (Å²) in [5.74, 6) is 2.25. The Morgan fingerprint density at radius 1 is 0.875 bits per heavy atom. The third-order valence-electron chi connectivity index (χ3n) is 4.99. The molecule has 0 aliphatic carbocycles. The fourth-order valence-corrected chi connectivity index (χ4v) is 3.79. The maximum Gasteiger partial charge on any atom is 0.282 e. The van der Waals surface area contributed by atoms with Crippen LogP contribution in [0.2, 0.25) is 0 Å². The van der Waals surface area contributed by atoms with Crippen LogP contribution < -0.4 is 19.1 Å². The molecule has 0 unspecified atom stereocenters. The maximum absolute atomic E-state index is 13.5. The van der Waals surface area contributed by atoms with E-state index >= 15 is 0 Å². The van der Waals surface area contributed by atoms with Crippen molar-refractivity contribution in [2.75, 3.05) is 26.2 Å². The van der Waals surface area contributed by atoms with Crippen molar-refractivity contribution >= 4 is 39.4 Å². The van der Waals surface area contributed by atoms with Gasteiger partial charge in [-0.3, -0.25) is 9.69 Å². The largest absolute Gasteiger partial charge is 0.497 e. The summed E-state index contributed by atoms with van der Waals surface area (Å²) in [6.45, 7) is 0. The van der Waals surface area contributed by atoms with Crippen molar-refractivity contribution in [1.29, 1.82) is 0 Å². The van der Waals surface area contributed by atoms with E-state index in [0.29, 0.717) is 23.0 Å². The van der Waals surface area contributed by atoms with Crippen molar-refractivity contribution in [3.05, 3.63) is 88.0 Å². The highest BCUT2D eigenvalue weighted by Crippen LogP contribution is 2.32. The number of carbonyl (C=O) groups excluding carboxylic acids is 1. The van der Waals surface area contributed by atoms with E-state index in [9.17, 15) is 4.79 Å².